The fourth-order valence-electron chi connectivity index (χ4n) is 7.41. The van der Waals surface area contributed by atoms with Crippen molar-refractivity contribution in [2.45, 2.75) is 87.8 Å². The molecule has 2 bridgehead atoms. The van der Waals surface area contributed by atoms with Gasteiger partial charge in [0.25, 0.3) is 0 Å². The number of nitrogens with two attached hydrogens (primary N) is 2. The lowest BCUT2D eigenvalue weighted by Crippen LogP contribution is -2.65. The second-order valence-corrected chi connectivity index (χ2v) is 11.9. The summed E-state index contributed by atoms with van der Waals surface area (Å²) in [7, 11) is 3.84. The van der Waals surface area contributed by atoms with Gasteiger partial charge in [0.15, 0.2) is 23.4 Å². The number of unbranched alkanes of at least 4 members (excludes halogenated alkanes) is 1. The van der Waals surface area contributed by atoms with Gasteiger partial charge in [-0.3, -0.25) is 9.59 Å². The number of piperidine rings is 1. The van der Waals surface area contributed by atoms with Crippen molar-refractivity contribution in [2.75, 3.05) is 27.2 Å². The first kappa shape index (κ1) is 27.6. The third kappa shape index (κ3) is 4.95. The van der Waals surface area contributed by atoms with Gasteiger partial charge < -0.3 is 30.7 Å². The normalized spacial score (nSPS) is 27.4. The minimum Gasteiger partial charge on any atom is -0.477 e. The van der Waals surface area contributed by atoms with E-state index in [0.29, 0.717) is 61.4 Å². The zero-order chi connectivity index (χ0) is 27.9. The van der Waals surface area contributed by atoms with Crippen molar-refractivity contribution in [3.63, 3.8) is 0 Å². The fourth-order valence-corrected chi connectivity index (χ4v) is 7.41. The zero-order valence-electron chi connectivity index (χ0n) is 23.2. The summed E-state index contributed by atoms with van der Waals surface area (Å²) in [6.07, 6.45) is 6.05. The zero-order valence-corrected chi connectivity index (χ0v) is 23.2. The summed E-state index contributed by atoms with van der Waals surface area (Å²) in [6, 6.07) is 3.74. The number of likely N-dealkylation sites (tertiary alicyclic amines) is 1. The molecule has 4 N–H and O–H groups in total. The number of ketones is 2. The molecule has 9 nitrogen and oxygen atoms in total. The first-order chi connectivity index (χ1) is 18.6. The largest absolute Gasteiger partial charge is 0.477 e. The van der Waals surface area contributed by atoms with E-state index in [1.807, 2.05) is 6.07 Å². The van der Waals surface area contributed by atoms with E-state index in [4.69, 9.17) is 20.9 Å². The smallest absolute Gasteiger partial charge is 0.415 e. The Morgan fingerprint density at radius 2 is 2.08 bits per heavy atom. The maximum Gasteiger partial charge on any atom is 0.415 e. The molecule has 2 fully saturated rings. The summed E-state index contributed by atoms with van der Waals surface area (Å²) in [6.45, 7) is 4.97. The van der Waals surface area contributed by atoms with Crippen LogP contribution in [0.2, 0.25) is 0 Å². The first-order valence-corrected chi connectivity index (χ1v) is 14.3. The van der Waals surface area contributed by atoms with E-state index in [0.717, 1.165) is 50.6 Å². The maximum absolute atomic E-state index is 13.1. The summed E-state index contributed by atoms with van der Waals surface area (Å²) < 4.78 is 12.2. The van der Waals surface area contributed by atoms with Gasteiger partial charge in [-0.1, -0.05) is 19.1 Å². The summed E-state index contributed by atoms with van der Waals surface area (Å²) in [5, 5.41) is 0. The molecule has 4 aliphatic rings. The van der Waals surface area contributed by atoms with Crippen LogP contribution in [0.15, 0.2) is 24.4 Å². The number of allylic oxidation sites excluding steroid dienone is 1. The molecular weight excluding hydrogens is 496 g/mol. The molecule has 0 aromatic heterocycles. The van der Waals surface area contributed by atoms with E-state index in [1.54, 1.807) is 13.1 Å². The van der Waals surface area contributed by atoms with Gasteiger partial charge in [-0.25, -0.2) is 4.79 Å². The molecule has 1 aromatic carbocycles. The highest BCUT2D eigenvalue weighted by atomic mass is 16.6. The number of rotatable bonds is 11. The molecule has 1 amide bonds. The van der Waals surface area contributed by atoms with Crippen molar-refractivity contribution in [2.24, 2.45) is 17.4 Å². The molecule has 1 unspecified atom stereocenters. The Morgan fingerprint density at radius 3 is 2.85 bits per heavy atom. The van der Waals surface area contributed by atoms with E-state index in [2.05, 4.69) is 18.5 Å². The molecule has 5 rings (SSSR count). The number of carbonyl (C=O) groups is 3. The van der Waals surface area contributed by atoms with Crippen molar-refractivity contribution in [1.82, 2.24) is 9.80 Å². The molecule has 9 heteroatoms. The van der Waals surface area contributed by atoms with Crippen LogP contribution in [-0.2, 0) is 21.4 Å². The van der Waals surface area contributed by atoms with Gasteiger partial charge >= 0.3 is 6.09 Å². The molecule has 1 saturated carbocycles. The van der Waals surface area contributed by atoms with Crippen LogP contribution in [0.4, 0.5) is 4.79 Å². The number of ether oxygens (including phenoxy) is 2. The molecule has 212 valence electrons. The number of hydrogen-bond donors (Lipinski definition) is 2. The number of nitrogens with zero attached hydrogens (tertiary/aromatic N) is 2. The third-order valence-corrected chi connectivity index (χ3v) is 9.47. The Morgan fingerprint density at radius 1 is 1.28 bits per heavy atom. The summed E-state index contributed by atoms with van der Waals surface area (Å²) in [5.74, 6) is 1.46. The monoisotopic (exact) mass is 538 g/mol. The molecule has 5 atom stereocenters. The molecule has 0 radical (unpaired) electrons. The Hall–Kier alpha value is -2.91. The highest BCUT2D eigenvalue weighted by Crippen LogP contribution is 2.63. The predicted octanol–water partition coefficient (Wildman–Crippen LogP) is 3.06. The van der Waals surface area contributed by atoms with Gasteiger partial charge in [-0.15, -0.1) is 0 Å². The van der Waals surface area contributed by atoms with Gasteiger partial charge in [0.2, 0.25) is 0 Å². The molecule has 39 heavy (non-hydrogen) atoms. The van der Waals surface area contributed by atoms with Gasteiger partial charge in [0.1, 0.15) is 5.78 Å². The molecule has 2 aliphatic carbocycles. The van der Waals surface area contributed by atoms with Crippen LogP contribution in [0.3, 0.4) is 0 Å². The number of benzene rings is 1. The van der Waals surface area contributed by atoms with E-state index < -0.39 is 18.2 Å². The number of carbonyl (C=O) groups excluding carboxylic acids is 3. The molecule has 2 aliphatic heterocycles. The van der Waals surface area contributed by atoms with Crippen LogP contribution < -0.4 is 20.9 Å². The summed E-state index contributed by atoms with van der Waals surface area (Å²) in [5.41, 5.74) is 14.2. The SMILES string of the molecule is C=C(N)CCCC[C@H](N)C(=O)CCCN(C)C(=O)Oc1ccc2c3c1O[C@H]1C(=O)CCC4[C@@H](C2)N(C)CC[C@@]341. The van der Waals surface area contributed by atoms with Crippen molar-refractivity contribution >= 4 is 17.7 Å². The molecule has 1 saturated heterocycles. The van der Waals surface area contributed by atoms with Crippen molar-refractivity contribution in [3.8, 4) is 11.5 Å². The Balaban J connectivity index is 1.21. The van der Waals surface area contributed by atoms with Gasteiger partial charge in [0.05, 0.1) is 6.04 Å². The lowest BCUT2D eigenvalue weighted by atomic mass is 9.52. The summed E-state index contributed by atoms with van der Waals surface area (Å²) >= 11 is 0. The van der Waals surface area contributed by atoms with Crippen molar-refractivity contribution in [3.05, 3.63) is 35.5 Å². The average molecular weight is 539 g/mol. The quantitative estimate of drug-likeness (QED) is 0.412. The molecule has 2 heterocycles. The molecule has 1 aromatic rings. The van der Waals surface area contributed by atoms with E-state index in [-0.39, 0.29) is 17.0 Å². The summed E-state index contributed by atoms with van der Waals surface area (Å²) in [4.78, 5) is 42.4. The van der Waals surface area contributed by atoms with Crippen LogP contribution in [-0.4, -0.2) is 72.8 Å². The van der Waals surface area contributed by atoms with E-state index in [1.165, 1.54) is 10.5 Å². The second-order valence-electron chi connectivity index (χ2n) is 11.9. The standard InChI is InChI=1S/C30H42N4O5/c1-18(31)7-4-5-8-21(32)23(35)9-6-15-34(3)29(37)38-25-13-10-19-17-22-20-11-12-24(36)28-30(20,14-16-33(22)2)26(19)27(25)39-28/h10,13,20-22,28H,1,4-9,11-12,14-17,31-32H2,2-3H3/t20?,21-,22+,28-,30-/m0/s1. The number of Topliss-reactive ketones (excluding diaryl/α,β-unsaturated/α-hetero) is 2. The highest BCUT2D eigenvalue weighted by Gasteiger charge is 2.65. The Bertz CT molecular complexity index is 1170. The predicted molar refractivity (Wildman–Crippen MR) is 148 cm³/mol. The first-order valence-electron chi connectivity index (χ1n) is 14.3. The second kappa shape index (κ2) is 10.9. The van der Waals surface area contributed by atoms with E-state index >= 15 is 0 Å². The van der Waals surface area contributed by atoms with E-state index in [9.17, 15) is 14.4 Å². The van der Waals surface area contributed by atoms with Crippen LogP contribution in [0.5, 0.6) is 11.5 Å². The van der Waals surface area contributed by atoms with Gasteiger partial charge in [-0.05, 0) is 76.1 Å². The van der Waals surface area contributed by atoms with Crippen molar-refractivity contribution in [1.29, 1.82) is 0 Å². The van der Waals surface area contributed by atoms with Gasteiger partial charge in [-0.2, -0.15) is 0 Å². The Labute approximate surface area is 230 Å². The maximum atomic E-state index is 13.1. The lowest BCUT2D eigenvalue weighted by molar-refractivity contribution is -0.138. The van der Waals surface area contributed by atoms with Crippen LogP contribution in [0, 0.1) is 5.92 Å². The number of likely N-dealkylation sites (N-methyl/N-ethyl adjacent to an activating group) is 1. The highest BCUT2D eigenvalue weighted by molar-refractivity contribution is 5.89. The van der Waals surface area contributed by atoms with Crippen molar-refractivity contribution < 1.29 is 23.9 Å². The topological polar surface area (TPSA) is 128 Å². The van der Waals surface area contributed by atoms with Crippen LogP contribution >= 0.6 is 0 Å². The lowest BCUT2D eigenvalue weighted by Gasteiger charge is -2.57. The number of amides is 1. The Kier molecular flexibility index (Phi) is 7.75. The third-order valence-electron chi connectivity index (χ3n) is 9.47. The molecule has 1 spiro atoms. The van der Waals surface area contributed by atoms with Gasteiger partial charge in [0, 0.05) is 49.2 Å². The van der Waals surface area contributed by atoms with Crippen LogP contribution in [0.25, 0.3) is 0 Å². The molecular formula is C30H42N4O5. The fraction of sp³-hybridized carbons (Fsp3) is 0.633. The minimum absolute atomic E-state index is 0.00267. The van der Waals surface area contributed by atoms with Crippen LogP contribution in [0.1, 0.15) is 68.9 Å². The average Bonchev–Trinajstić information content (AvgIpc) is 3.26. The number of hydrogen-bond acceptors (Lipinski definition) is 8. The minimum atomic E-state index is -0.513.